The molecule has 1 heterocycles. The average Bonchev–Trinajstić information content (AvgIpc) is 2.74. The number of hydrogen-bond acceptors (Lipinski definition) is 6. The standard InChI is InChI=1S/C14H18N2O5/c1-20-14(17)11-8-9-12(16(18)19)13(15-11)21-10-6-4-2-3-5-7-10/h8-10H,2-7H2,1H3. The number of aromatic nitrogens is 1. The first-order valence-corrected chi connectivity index (χ1v) is 7.02. The molecule has 0 unspecified atom stereocenters. The lowest BCUT2D eigenvalue weighted by atomic mass is 10.1. The van der Waals surface area contributed by atoms with Crippen molar-refractivity contribution in [2.75, 3.05) is 7.11 Å². The Morgan fingerprint density at radius 2 is 1.95 bits per heavy atom. The van der Waals surface area contributed by atoms with Crippen LogP contribution < -0.4 is 4.74 Å². The SMILES string of the molecule is COC(=O)c1ccc([N+](=O)[O-])c(OC2CCCCCC2)n1. The summed E-state index contributed by atoms with van der Waals surface area (Å²) in [5.41, 5.74) is -0.223. The van der Waals surface area contributed by atoms with Gasteiger partial charge in [-0.05, 0) is 31.7 Å². The molecule has 2 rings (SSSR count). The Morgan fingerprint density at radius 3 is 2.52 bits per heavy atom. The first-order valence-electron chi connectivity index (χ1n) is 7.02. The van der Waals surface area contributed by atoms with Crippen molar-refractivity contribution in [3.8, 4) is 5.88 Å². The topological polar surface area (TPSA) is 91.6 Å². The van der Waals surface area contributed by atoms with E-state index in [1.165, 1.54) is 19.2 Å². The van der Waals surface area contributed by atoms with Gasteiger partial charge in [0.05, 0.1) is 12.0 Å². The van der Waals surface area contributed by atoms with E-state index in [4.69, 9.17) is 4.74 Å². The third-order valence-corrected chi connectivity index (χ3v) is 3.51. The van der Waals surface area contributed by atoms with Gasteiger partial charge in [0.25, 0.3) is 5.88 Å². The molecule has 1 aromatic rings. The fourth-order valence-corrected chi connectivity index (χ4v) is 2.39. The van der Waals surface area contributed by atoms with E-state index in [0.717, 1.165) is 38.5 Å². The van der Waals surface area contributed by atoms with Gasteiger partial charge in [0.15, 0.2) is 5.69 Å². The molecule has 114 valence electrons. The molecule has 0 bridgehead atoms. The van der Waals surface area contributed by atoms with Gasteiger partial charge >= 0.3 is 11.7 Å². The van der Waals surface area contributed by atoms with Crippen molar-refractivity contribution in [2.45, 2.75) is 44.6 Å². The van der Waals surface area contributed by atoms with E-state index < -0.39 is 10.9 Å². The highest BCUT2D eigenvalue weighted by atomic mass is 16.6. The highest BCUT2D eigenvalue weighted by molar-refractivity contribution is 5.87. The molecule has 0 aromatic carbocycles. The van der Waals surface area contributed by atoms with Crippen molar-refractivity contribution in [1.29, 1.82) is 0 Å². The lowest BCUT2D eigenvalue weighted by Gasteiger charge is -2.16. The van der Waals surface area contributed by atoms with Crippen LogP contribution in [0.4, 0.5) is 5.69 Å². The maximum Gasteiger partial charge on any atom is 0.356 e. The quantitative estimate of drug-likeness (QED) is 0.367. The molecular weight excluding hydrogens is 276 g/mol. The van der Waals surface area contributed by atoms with Gasteiger partial charge in [-0.3, -0.25) is 10.1 Å². The minimum Gasteiger partial charge on any atom is -0.469 e. The molecule has 1 saturated carbocycles. The van der Waals surface area contributed by atoms with Gasteiger partial charge in [0.1, 0.15) is 6.10 Å². The van der Waals surface area contributed by atoms with Crippen LogP contribution in [0, 0.1) is 10.1 Å². The van der Waals surface area contributed by atoms with Crippen LogP contribution in [0.1, 0.15) is 49.0 Å². The van der Waals surface area contributed by atoms with Crippen LogP contribution in [0.15, 0.2) is 12.1 Å². The number of hydrogen-bond donors (Lipinski definition) is 0. The first kappa shape index (κ1) is 15.2. The number of pyridine rings is 1. The van der Waals surface area contributed by atoms with Crippen LogP contribution in [0.5, 0.6) is 5.88 Å². The molecule has 7 nitrogen and oxygen atoms in total. The normalized spacial score (nSPS) is 16.0. The van der Waals surface area contributed by atoms with E-state index >= 15 is 0 Å². The van der Waals surface area contributed by atoms with Gasteiger partial charge in [-0.15, -0.1) is 0 Å². The molecule has 1 aromatic heterocycles. The molecule has 0 amide bonds. The number of carbonyl (C=O) groups excluding carboxylic acids is 1. The number of nitrogens with zero attached hydrogens (tertiary/aromatic N) is 2. The molecule has 0 aliphatic heterocycles. The lowest BCUT2D eigenvalue weighted by molar-refractivity contribution is -0.386. The summed E-state index contributed by atoms with van der Waals surface area (Å²) in [4.78, 5) is 25.9. The highest BCUT2D eigenvalue weighted by Gasteiger charge is 2.24. The Bertz CT molecular complexity index is 524. The van der Waals surface area contributed by atoms with Crippen LogP contribution in [-0.4, -0.2) is 29.1 Å². The predicted octanol–water partition coefficient (Wildman–Crippen LogP) is 2.88. The smallest absolute Gasteiger partial charge is 0.356 e. The molecule has 0 atom stereocenters. The molecule has 1 aliphatic carbocycles. The van der Waals surface area contributed by atoms with Crippen LogP contribution in [-0.2, 0) is 4.74 Å². The maximum atomic E-state index is 11.5. The molecule has 0 radical (unpaired) electrons. The Kier molecular flexibility index (Phi) is 5.08. The Morgan fingerprint density at radius 1 is 1.29 bits per heavy atom. The number of esters is 1. The van der Waals surface area contributed by atoms with Gasteiger partial charge in [-0.25, -0.2) is 9.78 Å². The Hall–Kier alpha value is -2.18. The van der Waals surface area contributed by atoms with E-state index in [9.17, 15) is 14.9 Å². The molecular formula is C14H18N2O5. The summed E-state index contributed by atoms with van der Waals surface area (Å²) in [6, 6.07) is 2.50. The van der Waals surface area contributed by atoms with Crippen molar-refractivity contribution in [3.05, 3.63) is 27.9 Å². The minimum atomic E-state index is -0.643. The summed E-state index contributed by atoms with van der Waals surface area (Å²) in [6.45, 7) is 0. The van der Waals surface area contributed by atoms with Crippen molar-refractivity contribution < 1.29 is 19.2 Å². The zero-order valence-corrected chi connectivity index (χ0v) is 11.9. The monoisotopic (exact) mass is 294 g/mol. The van der Waals surface area contributed by atoms with Crippen LogP contribution >= 0.6 is 0 Å². The largest absolute Gasteiger partial charge is 0.469 e. The third kappa shape index (κ3) is 3.90. The molecule has 0 spiro atoms. The van der Waals surface area contributed by atoms with Crippen molar-refractivity contribution >= 4 is 11.7 Å². The van der Waals surface area contributed by atoms with E-state index in [1.807, 2.05) is 0 Å². The van der Waals surface area contributed by atoms with Crippen LogP contribution in [0.3, 0.4) is 0 Å². The summed E-state index contributed by atoms with van der Waals surface area (Å²) in [7, 11) is 1.23. The Balaban J connectivity index is 2.25. The second kappa shape index (κ2) is 7.01. The molecule has 0 saturated heterocycles. The van der Waals surface area contributed by atoms with Crippen LogP contribution in [0.2, 0.25) is 0 Å². The van der Waals surface area contributed by atoms with Crippen molar-refractivity contribution in [3.63, 3.8) is 0 Å². The average molecular weight is 294 g/mol. The molecule has 1 aliphatic rings. The zero-order chi connectivity index (χ0) is 15.2. The second-order valence-corrected chi connectivity index (χ2v) is 5.00. The summed E-state index contributed by atoms with van der Waals surface area (Å²) >= 11 is 0. The fraction of sp³-hybridized carbons (Fsp3) is 0.571. The van der Waals surface area contributed by atoms with Crippen molar-refractivity contribution in [2.24, 2.45) is 0 Å². The molecule has 0 N–H and O–H groups in total. The van der Waals surface area contributed by atoms with Crippen molar-refractivity contribution in [1.82, 2.24) is 4.98 Å². The number of ether oxygens (including phenoxy) is 2. The fourth-order valence-electron chi connectivity index (χ4n) is 2.39. The van der Waals surface area contributed by atoms with E-state index in [1.54, 1.807) is 0 Å². The number of rotatable bonds is 4. The summed E-state index contributed by atoms with van der Waals surface area (Å²) in [6.07, 6.45) is 5.98. The maximum absolute atomic E-state index is 11.5. The molecule has 7 heteroatoms. The van der Waals surface area contributed by atoms with E-state index in [0.29, 0.717) is 0 Å². The predicted molar refractivity (Wildman–Crippen MR) is 74.3 cm³/mol. The first-order chi connectivity index (χ1) is 10.1. The molecule has 21 heavy (non-hydrogen) atoms. The van der Waals surface area contributed by atoms with Gasteiger partial charge < -0.3 is 9.47 Å². The highest BCUT2D eigenvalue weighted by Crippen LogP contribution is 2.29. The van der Waals surface area contributed by atoms with Crippen LogP contribution in [0.25, 0.3) is 0 Å². The number of nitro groups is 1. The Labute approximate surface area is 122 Å². The summed E-state index contributed by atoms with van der Waals surface area (Å²) in [5.74, 6) is -0.745. The van der Waals surface area contributed by atoms with Gasteiger partial charge in [0.2, 0.25) is 0 Å². The lowest BCUT2D eigenvalue weighted by Crippen LogP contribution is -2.17. The third-order valence-electron chi connectivity index (χ3n) is 3.51. The van der Waals surface area contributed by atoms with Gasteiger partial charge in [-0.1, -0.05) is 12.8 Å². The number of methoxy groups -OCH3 is 1. The second-order valence-electron chi connectivity index (χ2n) is 5.00. The number of carbonyl (C=O) groups is 1. The van der Waals surface area contributed by atoms with E-state index in [2.05, 4.69) is 9.72 Å². The van der Waals surface area contributed by atoms with E-state index in [-0.39, 0.29) is 23.4 Å². The summed E-state index contributed by atoms with van der Waals surface area (Å²) in [5, 5.41) is 11.1. The summed E-state index contributed by atoms with van der Waals surface area (Å²) < 4.78 is 10.3. The van der Waals surface area contributed by atoms with Gasteiger partial charge in [-0.2, -0.15) is 0 Å². The van der Waals surface area contributed by atoms with Gasteiger partial charge in [0, 0.05) is 6.07 Å². The zero-order valence-electron chi connectivity index (χ0n) is 11.9. The molecule has 1 fully saturated rings. The minimum absolute atomic E-state index is 0.00622.